The second-order valence-corrected chi connectivity index (χ2v) is 11.0. The minimum absolute atomic E-state index is 0.145. The quantitative estimate of drug-likeness (QED) is 0.511. The predicted octanol–water partition coefficient (Wildman–Crippen LogP) is 2.52. The molecule has 1 spiro atoms. The zero-order chi connectivity index (χ0) is 26.4. The van der Waals surface area contributed by atoms with Gasteiger partial charge in [-0.2, -0.15) is 0 Å². The van der Waals surface area contributed by atoms with Crippen LogP contribution in [0.4, 0.5) is 5.69 Å². The summed E-state index contributed by atoms with van der Waals surface area (Å²) in [5.41, 5.74) is -0.409. The number of anilines is 1. The van der Waals surface area contributed by atoms with Gasteiger partial charge in [0.2, 0.25) is 17.7 Å². The minimum atomic E-state index is -1.13. The van der Waals surface area contributed by atoms with Gasteiger partial charge in [0, 0.05) is 11.7 Å². The fraction of sp³-hybridized carbons (Fsp3) is 0.483. The summed E-state index contributed by atoms with van der Waals surface area (Å²) in [5, 5.41) is 16.4. The van der Waals surface area contributed by atoms with Gasteiger partial charge in [-0.05, 0) is 57.7 Å². The van der Waals surface area contributed by atoms with Gasteiger partial charge in [-0.1, -0.05) is 48.5 Å². The van der Waals surface area contributed by atoms with E-state index in [0.29, 0.717) is 24.9 Å². The molecule has 2 aromatic carbocycles. The van der Waals surface area contributed by atoms with Crippen molar-refractivity contribution in [3.05, 3.63) is 66.2 Å². The Morgan fingerprint density at radius 1 is 1.05 bits per heavy atom. The average molecular weight is 506 g/mol. The fourth-order valence-corrected chi connectivity index (χ4v) is 6.70. The number of nitrogens with one attached hydrogen (secondary N) is 2. The number of benzene rings is 2. The van der Waals surface area contributed by atoms with Crippen LogP contribution in [0.5, 0.6) is 0 Å². The van der Waals surface area contributed by atoms with Crippen molar-refractivity contribution < 1.29 is 24.2 Å². The van der Waals surface area contributed by atoms with E-state index in [1.165, 1.54) is 4.90 Å². The average Bonchev–Trinajstić information content (AvgIpc) is 3.44. The highest BCUT2D eigenvalue weighted by Crippen LogP contribution is 2.63. The molecule has 3 saturated heterocycles. The molecule has 0 radical (unpaired) electrons. The van der Waals surface area contributed by atoms with E-state index in [-0.39, 0.29) is 30.4 Å². The zero-order valence-electron chi connectivity index (χ0n) is 21.5. The van der Waals surface area contributed by atoms with Crippen LogP contribution < -0.4 is 10.6 Å². The number of aliphatic hydroxyl groups excluding tert-OH is 1. The van der Waals surface area contributed by atoms with Crippen LogP contribution in [0, 0.1) is 11.8 Å². The van der Waals surface area contributed by atoms with Crippen LogP contribution >= 0.6 is 0 Å². The molecular weight excluding hydrogens is 470 g/mol. The van der Waals surface area contributed by atoms with Crippen LogP contribution in [-0.2, 0) is 25.5 Å². The monoisotopic (exact) mass is 505 g/mol. The third kappa shape index (κ3) is 4.22. The van der Waals surface area contributed by atoms with Gasteiger partial charge in [-0.25, -0.2) is 0 Å². The SMILES string of the molecule is CC(C)NC(=O)C1N([C@@H](CO)Cc2ccccc2)C(=O)[C@@H]2[C@H](C(=O)Nc3ccccc3)[C@]3(C)CCC12O3. The molecular formula is C29H35N3O5. The number of rotatable bonds is 8. The largest absolute Gasteiger partial charge is 0.394 e. The predicted molar refractivity (Wildman–Crippen MR) is 138 cm³/mol. The number of amides is 3. The number of hydrogen-bond acceptors (Lipinski definition) is 5. The highest BCUT2D eigenvalue weighted by molar-refractivity contribution is 6.02. The summed E-state index contributed by atoms with van der Waals surface area (Å²) >= 11 is 0. The van der Waals surface area contributed by atoms with Crippen LogP contribution in [-0.4, -0.2) is 63.7 Å². The molecule has 2 aromatic rings. The van der Waals surface area contributed by atoms with E-state index in [4.69, 9.17) is 4.74 Å². The normalized spacial score (nSPS) is 30.9. The Morgan fingerprint density at radius 3 is 2.32 bits per heavy atom. The third-order valence-corrected chi connectivity index (χ3v) is 8.14. The van der Waals surface area contributed by atoms with E-state index in [9.17, 15) is 19.5 Å². The number of ether oxygens (including phenoxy) is 1. The van der Waals surface area contributed by atoms with Crippen LogP contribution in [0.25, 0.3) is 0 Å². The molecule has 3 aliphatic rings. The van der Waals surface area contributed by atoms with E-state index < -0.39 is 35.1 Å². The molecule has 3 amide bonds. The van der Waals surface area contributed by atoms with Gasteiger partial charge in [-0.15, -0.1) is 0 Å². The van der Waals surface area contributed by atoms with Crippen LogP contribution in [0.3, 0.4) is 0 Å². The van der Waals surface area contributed by atoms with Crippen molar-refractivity contribution >= 4 is 23.4 Å². The Bertz CT molecular complexity index is 1170. The molecule has 2 bridgehead atoms. The van der Waals surface area contributed by atoms with Crippen molar-refractivity contribution in [2.45, 2.75) is 69.4 Å². The molecule has 3 heterocycles. The number of fused-ring (bicyclic) bond motifs is 1. The van der Waals surface area contributed by atoms with Gasteiger partial charge in [-0.3, -0.25) is 14.4 Å². The lowest BCUT2D eigenvalue weighted by atomic mass is 9.66. The van der Waals surface area contributed by atoms with Crippen molar-refractivity contribution in [1.29, 1.82) is 0 Å². The molecule has 5 rings (SSSR count). The standard InChI is InChI=1S/C29H35N3O5/c1-18(2)30-26(35)24-29-15-14-28(3,37-29)22(25(34)31-20-12-8-5-9-13-20)23(29)27(36)32(24)21(17-33)16-19-10-6-4-7-11-19/h4-13,18,21-24,33H,14-17H2,1-3H3,(H,30,35)(H,31,34)/t21-,22-,23+,24?,28+,29?/m1/s1. The molecule has 8 heteroatoms. The second-order valence-electron chi connectivity index (χ2n) is 11.0. The van der Waals surface area contributed by atoms with Gasteiger partial charge in [0.1, 0.15) is 11.6 Å². The van der Waals surface area contributed by atoms with Crippen molar-refractivity contribution in [3.8, 4) is 0 Å². The Hall–Kier alpha value is -3.23. The van der Waals surface area contributed by atoms with Crippen molar-refractivity contribution in [2.75, 3.05) is 11.9 Å². The maximum absolute atomic E-state index is 14.2. The Balaban J connectivity index is 1.54. The van der Waals surface area contributed by atoms with Gasteiger partial charge in [0.25, 0.3) is 0 Å². The maximum atomic E-state index is 14.2. The summed E-state index contributed by atoms with van der Waals surface area (Å²) in [6.07, 6.45) is 1.44. The molecule has 3 fully saturated rings. The lowest BCUT2D eigenvalue weighted by Crippen LogP contribution is -2.59. The minimum Gasteiger partial charge on any atom is -0.394 e. The Labute approximate surface area is 217 Å². The summed E-state index contributed by atoms with van der Waals surface area (Å²) in [4.78, 5) is 43.2. The number of hydrogen-bond donors (Lipinski definition) is 3. The fourth-order valence-electron chi connectivity index (χ4n) is 6.70. The number of likely N-dealkylation sites (tertiary alicyclic amines) is 1. The molecule has 3 N–H and O–H groups in total. The number of para-hydroxylation sites is 1. The van der Waals surface area contributed by atoms with Crippen LogP contribution in [0.1, 0.15) is 39.2 Å². The Kier molecular flexibility index (Phi) is 6.58. The molecule has 3 aliphatic heterocycles. The summed E-state index contributed by atoms with van der Waals surface area (Å²) in [7, 11) is 0. The summed E-state index contributed by atoms with van der Waals surface area (Å²) < 4.78 is 6.64. The highest BCUT2D eigenvalue weighted by Gasteiger charge is 2.78. The molecule has 2 unspecified atom stereocenters. The van der Waals surface area contributed by atoms with E-state index in [2.05, 4.69) is 10.6 Å². The maximum Gasteiger partial charge on any atom is 0.246 e. The lowest BCUT2D eigenvalue weighted by Gasteiger charge is -2.37. The van der Waals surface area contributed by atoms with Crippen molar-refractivity contribution in [1.82, 2.24) is 10.2 Å². The Morgan fingerprint density at radius 2 is 1.70 bits per heavy atom. The first-order chi connectivity index (χ1) is 17.7. The lowest BCUT2D eigenvalue weighted by molar-refractivity contribution is -0.149. The van der Waals surface area contributed by atoms with Gasteiger partial charge in [0.15, 0.2) is 0 Å². The topological polar surface area (TPSA) is 108 Å². The number of aliphatic hydroxyl groups is 1. The van der Waals surface area contributed by atoms with E-state index in [0.717, 1.165) is 5.56 Å². The van der Waals surface area contributed by atoms with Crippen LogP contribution in [0.2, 0.25) is 0 Å². The zero-order valence-corrected chi connectivity index (χ0v) is 21.5. The summed E-state index contributed by atoms with van der Waals surface area (Å²) in [6.45, 7) is 5.29. The molecule has 0 aliphatic carbocycles. The van der Waals surface area contributed by atoms with Crippen molar-refractivity contribution in [3.63, 3.8) is 0 Å². The molecule has 37 heavy (non-hydrogen) atoms. The first-order valence-corrected chi connectivity index (χ1v) is 13.0. The number of carbonyl (C=O) groups excluding carboxylic acids is 3. The second kappa shape index (κ2) is 9.58. The first kappa shape index (κ1) is 25.4. The molecule has 0 saturated carbocycles. The van der Waals surface area contributed by atoms with Crippen molar-refractivity contribution in [2.24, 2.45) is 11.8 Å². The molecule has 6 atom stereocenters. The van der Waals surface area contributed by atoms with E-state index in [1.54, 1.807) is 12.1 Å². The molecule has 8 nitrogen and oxygen atoms in total. The molecule has 0 aromatic heterocycles. The van der Waals surface area contributed by atoms with E-state index >= 15 is 0 Å². The number of carbonyl (C=O) groups is 3. The van der Waals surface area contributed by atoms with Gasteiger partial charge in [0.05, 0.1) is 30.1 Å². The van der Waals surface area contributed by atoms with Crippen LogP contribution in [0.15, 0.2) is 60.7 Å². The highest BCUT2D eigenvalue weighted by atomic mass is 16.5. The molecule has 196 valence electrons. The summed E-state index contributed by atoms with van der Waals surface area (Å²) in [6, 6.07) is 17.0. The van der Waals surface area contributed by atoms with E-state index in [1.807, 2.05) is 69.3 Å². The first-order valence-electron chi connectivity index (χ1n) is 13.0. The third-order valence-electron chi connectivity index (χ3n) is 8.14. The smallest absolute Gasteiger partial charge is 0.246 e. The van der Waals surface area contributed by atoms with Gasteiger partial charge >= 0.3 is 0 Å². The van der Waals surface area contributed by atoms with Gasteiger partial charge < -0.3 is 25.4 Å². The number of nitrogens with zero attached hydrogens (tertiary/aromatic N) is 1. The summed E-state index contributed by atoms with van der Waals surface area (Å²) in [5.74, 6) is -2.49.